The van der Waals surface area contributed by atoms with E-state index in [9.17, 15) is 0 Å². The zero-order valence-corrected chi connectivity index (χ0v) is 21.2. The summed E-state index contributed by atoms with van der Waals surface area (Å²) in [5, 5.41) is 7.03. The maximum atomic E-state index is 5.34. The molecule has 170 valence electrons. The number of aliphatic imine (C=N–C) groups is 1. The van der Waals surface area contributed by atoms with Crippen LogP contribution in [0.3, 0.4) is 0 Å². The van der Waals surface area contributed by atoms with Crippen molar-refractivity contribution >= 4 is 29.9 Å². The van der Waals surface area contributed by atoms with E-state index in [0.29, 0.717) is 6.04 Å². The van der Waals surface area contributed by atoms with Crippen LogP contribution >= 0.6 is 24.0 Å². The van der Waals surface area contributed by atoms with Crippen LogP contribution in [0.15, 0.2) is 29.3 Å². The topological polar surface area (TPSA) is 52.1 Å². The van der Waals surface area contributed by atoms with Crippen LogP contribution in [0.2, 0.25) is 0 Å². The summed E-state index contributed by atoms with van der Waals surface area (Å²) in [6.45, 7) is 12.9. The van der Waals surface area contributed by atoms with E-state index in [2.05, 4.69) is 58.5 Å². The van der Waals surface area contributed by atoms with Crippen molar-refractivity contribution in [1.29, 1.82) is 0 Å². The molecule has 0 amide bonds. The van der Waals surface area contributed by atoms with E-state index in [1.165, 1.54) is 37.9 Å². The third kappa shape index (κ3) is 7.27. The number of ether oxygens (including phenoxy) is 1. The van der Waals surface area contributed by atoms with Gasteiger partial charge in [0.05, 0.1) is 19.7 Å². The van der Waals surface area contributed by atoms with E-state index >= 15 is 0 Å². The molecule has 2 fully saturated rings. The number of hydrogen-bond donors (Lipinski definition) is 2. The summed E-state index contributed by atoms with van der Waals surface area (Å²) in [7, 11) is 1.72. The number of guanidine groups is 1. The highest BCUT2D eigenvalue weighted by molar-refractivity contribution is 14.0. The van der Waals surface area contributed by atoms with Gasteiger partial charge in [-0.15, -0.1) is 24.0 Å². The first-order valence-electron chi connectivity index (χ1n) is 11.4. The second-order valence-corrected chi connectivity index (χ2v) is 8.18. The number of methoxy groups -OCH3 is 1. The molecule has 7 heteroatoms. The van der Waals surface area contributed by atoms with E-state index in [1.54, 1.807) is 7.11 Å². The van der Waals surface area contributed by atoms with E-state index in [0.717, 1.165) is 56.9 Å². The van der Waals surface area contributed by atoms with Gasteiger partial charge in [-0.05, 0) is 76.0 Å². The first kappa shape index (κ1) is 25.2. The Morgan fingerprint density at radius 3 is 2.47 bits per heavy atom. The van der Waals surface area contributed by atoms with Gasteiger partial charge in [0.25, 0.3) is 0 Å². The summed E-state index contributed by atoms with van der Waals surface area (Å²) in [5.41, 5.74) is 1.32. The van der Waals surface area contributed by atoms with Crippen molar-refractivity contribution < 1.29 is 4.74 Å². The number of rotatable bonds is 9. The highest BCUT2D eigenvalue weighted by Gasteiger charge is 2.24. The maximum Gasteiger partial charge on any atom is 0.191 e. The molecule has 1 aromatic carbocycles. The lowest BCUT2D eigenvalue weighted by Gasteiger charge is -2.27. The van der Waals surface area contributed by atoms with Gasteiger partial charge in [0.2, 0.25) is 0 Å². The molecule has 2 unspecified atom stereocenters. The summed E-state index contributed by atoms with van der Waals surface area (Å²) in [6, 6.07) is 8.82. The molecule has 1 aromatic rings. The van der Waals surface area contributed by atoms with E-state index < -0.39 is 0 Å². The van der Waals surface area contributed by atoms with Crippen molar-refractivity contribution in [2.45, 2.75) is 39.2 Å². The van der Waals surface area contributed by atoms with Crippen molar-refractivity contribution in [1.82, 2.24) is 20.4 Å². The largest absolute Gasteiger partial charge is 0.497 e. The molecule has 2 saturated heterocycles. The molecule has 0 radical (unpaired) electrons. The van der Waals surface area contributed by atoms with Crippen LogP contribution < -0.4 is 15.4 Å². The number of nitrogens with one attached hydrogen (secondary N) is 2. The van der Waals surface area contributed by atoms with Crippen LogP contribution in [0.4, 0.5) is 0 Å². The Labute approximate surface area is 199 Å². The van der Waals surface area contributed by atoms with Gasteiger partial charge in [0.15, 0.2) is 5.96 Å². The van der Waals surface area contributed by atoms with Crippen LogP contribution in [-0.2, 0) is 0 Å². The average Bonchev–Trinajstić information content (AvgIpc) is 3.44. The van der Waals surface area contributed by atoms with Gasteiger partial charge >= 0.3 is 0 Å². The Kier molecular flexibility index (Phi) is 11.2. The van der Waals surface area contributed by atoms with Crippen molar-refractivity contribution in [2.75, 3.05) is 59.5 Å². The van der Waals surface area contributed by atoms with Gasteiger partial charge < -0.3 is 20.3 Å². The number of halogens is 1. The Balaban J connectivity index is 0.00000320. The zero-order chi connectivity index (χ0) is 20.5. The third-order valence-corrected chi connectivity index (χ3v) is 6.22. The Hall–Kier alpha value is -1.06. The molecular formula is C23H40IN5O. The second-order valence-electron chi connectivity index (χ2n) is 8.18. The fraction of sp³-hybridized carbons (Fsp3) is 0.696. The van der Waals surface area contributed by atoms with Gasteiger partial charge in [-0.1, -0.05) is 19.1 Å². The van der Waals surface area contributed by atoms with Crippen LogP contribution in [0, 0.1) is 5.92 Å². The second kappa shape index (κ2) is 13.4. The standard InChI is InChI=1S/C23H39N5O.HI/c1-4-24-23(25-16-19-12-15-27(5-2)18-19)26-17-22(28-13-6-7-14-28)20-8-10-21(29-3)11-9-20;/h8-11,19,22H,4-7,12-18H2,1-3H3,(H2,24,25,26);1H. The van der Waals surface area contributed by atoms with Crippen molar-refractivity contribution in [3.05, 3.63) is 29.8 Å². The molecule has 2 heterocycles. The molecule has 2 aliphatic heterocycles. The summed E-state index contributed by atoms with van der Waals surface area (Å²) in [4.78, 5) is 10.1. The zero-order valence-electron chi connectivity index (χ0n) is 18.9. The number of likely N-dealkylation sites (tertiary alicyclic amines) is 2. The predicted molar refractivity (Wildman–Crippen MR) is 136 cm³/mol. The average molecular weight is 530 g/mol. The van der Waals surface area contributed by atoms with Crippen molar-refractivity contribution in [3.63, 3.8) is 0 Å². The Bertz CT molecular complexity index is 633. The van der Waals surface area contributed by atoms with Gasteiger partial charge in [-0.3, -0.25) is 9.89 Å². The highest BCUT2D eigenvalue weighted by Crippen LogP contribution is 2.27. The summed E-state index contributed by atoms with van der Waals surface area (Å²) >= 11 is 0. The fourth-order valence-electron chi connectivity index (χ4n) is 4.44. The molecular weight excluding hydrogens is 489 g/mol. The van der Waals surface area contributed by atoms with Crippen LogP contribution in [0.1, 0.15) is 44.7 Å². The normalized spacial score (nSPS) is 21.3. The number of benzene rings is 1. The Morgan fingerprint density at radius 2 is 1.87 bits per heavy atom. The lowest BCUT2D eigenvalue weighted by molar-refractivity contribution is 0.251. The quantitative estimate of drug-likeness (QED) is 0.292. The summed E-state index contributed by atoms with van der Waals surface area (Å²) in [5.74, 6) is 2.57. The van der Waals surface area contributed by atoms with Crippen LogP contribution in [0.5, 0.6) is 5.75 Å². The smallest absolute Gasteiger partial charge is 0.191 e. The van der Waals surface area contributed by atoms with Gasteiger partial charge in [-0.2, -0.15) is 0 Å². The predicted octanol–water partition coefficient (Wildman–Crippen LogP) is 3.35. The molecule has 3 rings (SSSR count). The number of hydrogen-bond acceptors (Lipinski definition) is 4. The summed E-state index contributed by atoms with van der Waals surface area (Å²) < 4.78 is 5.34. The van der Waals surface area contributed by atoms with Crippen LogP contribution in [0.25, 0.3) is 0 Å². The molecule has 0 aliphatic carbocycles. The molecule has 0 saturated carbocycles. The molecule has 0 aromatic heterocycles. The van der Waals surface area contributed by atoms with E-state index in [-0.39, 0.29) is 24.0 Å². The van der Waals surface area contributed by atoms with Gasteiger partial charge in [0.1, 0.15) is 5.75 Å². The van der Waals surface area contributed by atoms with E-state index in [4.69, 9.17) is 9.73 Å². The third-order valence-electron chi connectivity index (χ3n) is 6.22. The molecule has 2 atom stereocenters. The molecule has 2 aliphatic rings. The minimum absolute atomic E-state index is 0. The molecule has 2 N–H and O–H groups in total. The highest BCUT2D eigenvalue weighted by atomic mass is 127. The van der Waals surface area contributed by atoms with Gasteiger partial charge in [-0.25, -0.2) is 0 Å². The van der Waals surface area contributed by atoms with Crippen molar-refractivity contribution in [2.24, 2.45) is 10.9 Å². The molecule has 30 heavy (non-hydrogen) atoms. The fourth-order valence-corrected chi connectivity index (χ4v) is 4.44. The minimum atomic E-state index is 0. The molecule has 6 nitrogen and oxygen atoms in total. The van der Waals surface area contributed by atoms with Gasteiger partial charge in [0, 0.05) is 19.6 Å². The van der Waals surface area contributed by atoms with E-state index in [1.807, 2.05) is 0 Å². The Morgan fingerprint density at radius 1 is 1.13 bits per heavy atom. The molecule has 0 spiro atoms. The summed E-state index contributed by atoms with van der Waals surface area (Å²) in [6.07, 6.45) is 3.84. The first-order valence-corrected chi connectivity index (χ1v) is 11.4. The molecule has 0 bridgehead atoms. The lowest BCUT2D eigenvalue weighted by atomic mass is 10.1. The number of nitrogens with zero attached hydrogens (tertiary/aromatic N) is 3. The lowest BCUT2D eigenvalue weighted by Crippen LogP contribution is -2.41. The monoisotopic (exact) mass is 529 g/mol. The first-order chi connectivity index (χ1) is 14.2. The minimum Gasteiger partial charge on any atom is -0.497 e. The van der Waals surface area contributed by atoms with Crippen LogP contribution in [-0.4, -0.2) is 75.2 Å². The maximum absolute atomic E-state index is 5.34. The SMILES string of the molecule is CCNC(=NCC(c1ccc(OC)cc1)N1CCCC1)NCC1CCN(CC)C1.I. The van der Waals surface area contributed by atoms with Crippen molar-refractivity contribution in [3.8, 4) is 5.75 Å².